The molecule has 580 valence electrons. The summed E-state index contributed by atoms with van der Waals surface area (Å²) >= 11 is 17.1. The summed E-state index contributed by atoms with van der Waals surface area (Å²) in [6.45, 7) is 17.5. The molecule has 10 aromatic rings. The lowest BCUT2D eigenvalue weighted by Gasteiger charge is -2.25. The van der Waals surface area contributed by atoms with Crippen LogP contribution in [0.3, 0.4) is 0 Å². The number of halogens is 1. The Morgan fingerprint density at radius 3 is 1.33 bits per heavy atom. The van der Waals surface area contributed by atoms with Gasteiger partial charge in [0.1, 0.15) is 31.6 Å². The van der Waals surface area contributed by atoms with Crippen LogP contribution in [0.2, 0.25) is 0 Å². The number of carbonyl (C=O) groups excluding carboxylic acids is 9. The number of nitrogens with one attached hydrogen (secondary N) is 4. The van der Waals surface area contributed by atoms with Gasteiger partial charge in [0.15, 0.2) is 11.6 Å². The fourth-order valence-corrected chi connectivity index (χ4v) is 19.1. The van der Waals surface area contributed by atoms with Crippen molar-refractivity contribution in [3.05, 3.63) is 215 Å². The molecule has 0 unspecified atom stereocenters. The smallest absolute Gasteiger partial charge is 0.239 e. The molecule has 2 aromatic carbocycles. The second-order valence-corrected chi connectivity index (χ2v) is 34.4. The molecule has 0 saturated carbocycles. The minimum atomic E-state index is -0.333. The predicted molar refractivity (Wildman–Crippen MR) is 447 cm³/mol. The normalized spacial score (nSPS) is 14.2. The van der Waals surface area contributed by atoms with E-state index in [0.717, 1.165) is 108 Å². The van der Waals surface area contributed by atoms with Crippen LogP contribution >= 0.6 is 102 Å². The molecule has 3 saturated heterocycles. The number of para-hydroxylation sites is 1. The molecule has 21 nitrogen and oxygen atoms in total. The molecule has 11 heterocycles. The number of anilines is 5. The van der Waals surface area contributed by atoms with Crippen molar-refractivity contribution in [2.45, 2.75) is 66.2 Å². The van der Waals surface area contributed by atoms with E-state index in [1.54, 1.807) is 41.7 Å². The molecule has 8 aromatic heterocycles. The summed E-state index contributed by atoms with van der Waals surface area (Å²) in [5.74, 6) is -0.410. The molecule has 0 radical (unpaired) electrons. The number of nitrogen functional groups attached to an aromatic ring is 1. The van der Waals surface area contributed by atoms with E-state index in [2.05, 4.69) is 36.0 Å². The van der Waals surface area contributed by atoms with Crippen molar-refractivity contribution in [2.75, 3.05) is 139 Å². The van der Waals surface area contributed by atoms with Gasteiger partial charge in [-0.1, -0.05) is 74.5 Å². The van der Waals surface area contributed by atoms with Gasteiger partial charge in [0, 0.05) is 69.2 Å². The topological polar surface area (TPSA) is 274 Å². The molecule has 3 fully saturated rings. The maximum atomic E-state index is 13.2. The Labute approximate surface area is 676 Å². The third-order valence-corrected chi connectivity index (χ3v) is 25.8. The number of ketones is 5. The van der Waals surface area contributed by atoms with Crippen molar-refractivity contribution in [2.24, 2.45) is 0 Å². The van der Waals surface area contributed by atoms with Crippen molar-refractivity contribution in [3.63, 3.8) is 0 Å². The maximum Gasteiger partial charge on any atom is 0.239 e. The van der Waals surface area contributed by atoms with E-state index >= 15 is 0 Å². The van der Waals surface area contributed by atoms with Gasteiger partial charge in [-0.15, -0.1) is 102 Å². The first-order valence-electron chi connectivity index (χ1n) is 35.9. The summed E-state index contributed by atoms with van der Waals surface area (Å²) in [5.41, 5.74) is 11.0. The Balaban J connectivity index is 0.000000148. The summed E-state index contributed by atoms with van der Waals surface area (Å²) in [6.07, 6.45) is 5.78. The van der Waals surface area contributed by atoms with Crippen LogP contribution in [0.4, 0.5) is 25.0 Å². The SMILES string of the molecule is CCc1cc(C(=O)c2ccccc2OC)c(NC(=O)CCl)s1.CCc1cc(C(=O)c2cccs2)c(NC(=O)CN2CCOCC2)s1.Cc1cc(C(=O)c2cccs2)c(N)s1.Cc1cc(C(=O)c2cccs2)c(NC(=O)CN2CCOCC2)s1.O=C(CN1CCOCC1)Nc1sc2c(c1C(=O)c1ccccc1)CCCC2. The molecule has 3 aliphatic heterocycles. The number of methoxy groups -OCH3 is 1. The molecule has 30 heteroatoms. The Morgan fingerprint density at radius 2 is 0.873 bits per heavy atom. The monoisotopic (exact) mass is 1660 g/mol. The van der Waals surface area contributed by atoms with E-state index in [1.807, 2.05) is 129 Å². The Morgan fingerprint density at radius 1 is 0.455 bits per heavy atom. The van der Waals surface area contributed by atoms with E-state index in [1.165, 1.54) is 91.3 Å². The van der Waals surface area contributed by atoms with Gasteiger partial charge in [0.05, 0.1) is 119 Å². The molecule has 0 spiro atoms. The molecule has 4 aliphatic rings. The molecule has 0 bridgehead atoms. The molecule has 4 amide bonds. The van der Waals surface area contributed by atoms with Crippen LogP contribution in [0.1, 0.15) is 134 Å². The predicted octanol–water partition coefficient (Wildman–Crippen LogP) is 15.3. The molecular weight excluding hydrogens is 1570 g/mol. The van der Waals surface area contributed by atoms with Gasteiger partial charge in [-0.3, -0.25) is 57.9 Å². The number of aryl methyl sites for hydroxylation is 5. The summed E-state index contributed by atoms with van der Waals surface area (Å²) in [5, 5.41) is 20.4. The highest BCUT2D eigenvalue weighted by molar-refractivity contribution is 7.19. The first-order valence-corrected chi connectivity index (χ1v) is 43.1. The van der Waals surface area contributed by atoms with Gasteiger partial charge in [0.2, 0.25) is 41.0 Å². The highest BCUT2D eigenvalue weighted by atomic mass is 35.5. The molecule has 14 rings (SSSR count). The van der Waals surface area contributed by atoms with Gasteiger partial charge < -0.3 is 45.9 Å². The first kappa shape index (κ1) is 84.4. The van der Waals surface area contributed by atoms with Crippen molar-refractivity contribution in [1.82, 2.24) is 14.7 Å². The number of amides is 4. The van der Waals surface area contributed by atoms with E-state index in [9.17, 15) is 43.2 Å². The van der Waals surface area contributed by atoms with Crippen LogP contribution in [0, 0.1) is 13.8 Å². The molecule has 0 atom stereocenters. The van der Waals surface area contributed by atoms with E-state index in [0.29, 0.717) is 139 Å². The third kappa shape index (κ3) is 23.7. The summed E-state index contributed by atoms with van der Waals surface area (Å²) in [4.78, 5) is 126. The zero-order chi connectivity index (χ0) is 78.1. The minimum Gasteiger partial charge on any atom is -0.496 e. The van der Waals surface area contributed by atoms with Crippen molar-refractivity contribution in [3.8, 4) is 5.75 Å². The third-order valence-electron chi connectivity index (χ3n) is 17.5. The number of benzene rings is 2. The second kappa shape index (κ2) is 42.5. The number of ether oxygens (including phenoxy) is 4. The number of thiophene rings is 8. The van der Waals surface area contributed by atoms with Gasteiger partial charge in [-0.2, -0.15) is 0 Å². The first-order chi connectivity index (χ1) is 53.3. The summed E-state index contributed by atoms with van der Waals surface area (Å²) in [6, 6.07) is 34.8. The fraction of sp³-hybridized carbons (Fsp3) is 0.338. The van der Waals surface area contributed by atoms with Crippen LogP contribution < -0.4 is 31.7 Å². The van der Waals surface area contributed by atoms with E-state index < -0.39 is 0 Å². The molecule has 1 aliphatic carbocycles. The molecule has 6 N–H and O–H groups in total. The Bertz CT molecular complexity index is 4740. The van der Waals surface area contributed by atoms with Crippen molar-refractivity contribution < 1.29 is 62.1 Å². The van der Waals surface area contributed by atoms with Crippen LogP contribution in [0.5, 0.6) is 5.75 Å². The zero-order valence-electron chi connectivity index (χ0n) is 61.6. The van der Waals surface area contributed by atoms with Crippen LogP contribution in [-0.2, 0) is 59.1 Å². The maximum absolute atomic E-state index is 13.2. The fourth-order valence-electron chi connectivity index (χ4n) is 12.0. The number of fused-ring (bicyclic) bond motifs is 1. The quantitative estimate of drug-likeness (QED) is 0.0278. The Kier molecular flexibility index (Phi) is 32.6. The highest BCUT2D eigenvalue weighted by Crippen LogP contribution is 2.40. The second-order valence-electron chi connectivity index (χ2n) is 25.4. The lowest BCUT2D eigenvalue weighted by atomic mass is 9.92. The number of hydrogen-bond acceptors (Lipinski definition) is 25. The van der Waals surface area contributed by atoms with Gasteiger partial charge in [0.25, 0.3) is 0 Å². The lowest BCUT2D eigenvalue weighted by Crippen LogP contribution is -2.41. The number of nitrogens with zero attached hydrogens (tertiary/aromatic N) is 3. The van der Waals surface area contributed by atoms with E-state index in [-0.39, 0.29) is 58.4 Å². The lowest BCUT2D eigenvalue weighted by molar-refractivity contribution is -0.119. The Hall–Kier alpha value is -8.08. The van der Waals surface area contributed by atoms with Gasteiger partial charge in [-0.25, -0.2) is 0 Å². The van der Waals surface area contributed by atoms with Crippen LogP contribution in [-0.4, -0.2) is 179 Å². The number of carbonyl (C=O) groups is 9. The number of morpholine rings is 3. The van der Waals surface area contributed by atoms with Crippen LogP contribution in [0.25, 0.3) is 0 Å². The van der Waals surface area contributed by atoms with E-state index in [4.69, 9.17) is 36.3 Å². The number of nitrogens with two attached hydrogens (primary N) is 1. The number of alkyl halides is 1. The van der Waals surface area contributed by atoms with Crippen molar-refractivity contribution in [1.29, 1.82) is 0 Å². The summed E-state index contributed by atoms with van der Waals surface area (Å²) < 4.78 is 21.2. The standard InChI is InChI=1S/C21H24N2O3S.C17H20N2O3S2.C16H16ClNO3S.C16H18N2O3S2.C10H9NOS2/c24-18(14-23-10-12-26-13-11-23)22-21-19(16-8-4-5-9-17(16)27-21)20(25)15-6-2-1-3-7-15;1-2-12-10-13(16(21)14-4-3-9-23-14)17(24-12)18-15(20)11-19-5-7-22-8-6-19;1-3-10-8-12(16(22-10)18-14(19)9-17)15(20)11-6-4-5-7-13(11)21-2;1-11-9-12(15(20)13-3-2-8-22-13)16(23-11)17-14(19)10-18-4-6-21-7-5-18;1-6-5-7(10(11)14-6)9(12)8-3-2-4-13-8/h1-3,6-7H,4-5,8-14H2,(H,22,24);3-4,9-10H,2,5-8,11H2,1H3,(H,18,20);4-8H,3,9H2,1-2H3,(H,18,19);2-3,8-9H,4-7,10H2,1H3,(H,17,19);2-5H,11H2,1H3. The minimum absolute atomic E-state index is 0.0108. The number of rotatable bonds is 24. The number of hydrogen-bond donors (Lipinski definition) is 5. The molecular formula is C80H87ClN8O13S8. The van der Waals surface area contributed by atoms with Gasteiger partial charge >= 0.3 is 0 Å². The summed E-state index contributed by atoms with van der Waals surface area (Å²) in [7, 11) is 1.52. The average Bonchev–Trinajstić information content (AvgIpc) is 1.63. The van der Waals surface area contributed by atoms with Crippen LogP contribution in [0.15, 0.2) is 131 Å². The largest absolute Gasteiger partial charge is 0.496 e. The highest BCUT2D eigenvalue weighted by Gasteiger charge is 2.30. The average molecular weight is 1660 g/mol. The van der Waals surface area contributed by atoms with Crippen molar-refractivity contribution >= 4 is 180 Å². The zero-order valence-corrected chi connectivity index (χ0v) is 68.9. The van der Waals surface area contributed by atoms with Gasteiger partial charge in [-0.05, 0) is 129 Å². The molecule has 110 heavy (non-hydrogen) atoms.